The molecule has 4 N–H and O–H groups in total. The van der Waals surface area contributed by atoms with Crippen molar-refractivity contribution in [2.24, 2.45) is 11.7 Å². The Balaban J connectivity index is 1.79. The number of ether oxygens (including phenoxy) is 1. The first-order valence-corrected chi connectivity index (χ1v) is 9.85. The third-order valence-electron chi connectivity index (χ3n) is 6.31. The van der Waals surface area contributed by atoms with Crippen molar-refractivity contribution in [3.8, 4) is 0 Å². The minimum absolute atomic E-state index is 0.00683. The lowest BCUT2D eigenvalue weighted by atomic mass is 9.94. The Morgan fingerprint density at radius 1 is 1.31 bits per heavy atom. The molecule has 29 heavy (non-hydrogen) atoms. The van der Waals surface area contributed by atoms with Gasteiger partial charge < -0.3 is 21.2 Å². The number of methoxy groups -OCH3 is 1. The second-order valence-corrected chi connectivity index (χ2v) is 8.13. The molecule has 0 radical (unpaired) electrons. The number of halogens is 1. The highest BCUT2D eigenvalue weighted by molar-refractivity contribution is 5.83. The largest absolute Gasteiger partial charge is 0.380 e. The van der Waals surface area contributed by atoms with Crippen molar-refractivity contribution >= 4 is 16.7 Å². The number of pyridine rings is 1. The summed E-state index contributed by atoms with van der Waals surface area (Å²) in [7, 11) is 1.56. The summed E-state index contributed by atoms with van der Waals surface area (Å²) >= 11 is 0. The number of hydrogen-bond acceptors (Lipinski definition) is 7. The summed E-state index contributed by atoms with van der Waals surface area (Å²) in [6.07, 6.45) is 1.87. The quantitative estimate of drug-likeness (QED) is 0.673. The number of nitrogens with zero attached hydrogens (tertiary/aromatic N) is 4. The van der Waals surface area contributed by atoms with E-state index in [4.69, 9.17) is 16.3 Å². The van der Waals surface area contributed by atoms with E-state index in [1.165, 1.54) is 0 Å². The first-order chi connectivity index (χ1) is 13.8. The van der Waals surface area contributed by atoms with Crippen LogP contribution >= 0.6 is 0 Å². The van der Waals surface area contributed by atoms with Crippen LogP contribution in [0.4, 0.5) is 10.1 Å². The van der Waals surface area contributed by atoms with Crippen LogP contribution < -0.4 is 27.7 Å². The Labute approximate surface area is 167 Å². The van der Waals surface area contributed by atoms with Gasteiger partial charge in [-0.05, 0) is 26.7 Å². The molecule has 0 amide bonds. The van der Waals surface area contributed by atoms with Gasteiger partial charge in [0.1, 0.15) is 6.17 Å². The van der Waals surface area contributed by atoms with Gasteiger partial charge in [0.15, 0.2) is 5.52 Å². The molecule has 1 aliphatic carbocycles. The maximum absolute atomic E-state index is 14.8. The molecule has 3 heterocycles. The highest BCUT2D eigenvalue weighted by Crippen LogP contribution is 2.38. The molecule has 2 aromatic rings. The van der Waals surface area contributed by atoms with Gasteiger partial charge in [0.05, 0.1) is 23.5 Å². The second kappa shape index (κ2) is 7.10. The van der Waals surface area contributed by atoms with Gasteiger partial charge in [0.2, 0.25) is 0 Å². The van der Waals surface area contributed by atoms with Crippen LogP contribution in [0, 0.1) is 12.8 Å². The van der Waals surface area contributed by atoms with Gasteiger partial charge in [0, 0.05) is 43.8 Å². The van der Waals surface area contributed by atoms with Crippen molar-refractivity contribution in [3.63, 3.8) is 0 Å². The zero-order valence-corrected chi connectivity index (χ0v) is 16.8. The van der Waals surface area contributed by atoms with Gasteiger partial charge in [0.25, 0.3) is 0 Å². The van der Waals surface area contributed by atoms with E-state index in [0.717, 1.165) is 18.4 Å². The lowest BCUT2D eigenvalue weighted by molar-refractivity contribution is 0.0660. The average Bonchev–Trinajstić information content (AvgIpc) is 3.47. The molecular weight excluding hydrogens is 379 g/mol. The Kier molecular flexibility index (Phi) is 4.86. The molecule has 0 spiro atoms. The normalized spacial score (nSPS) is 24.2. The second-order valence-electron chi connectivity index (χ2n) is 8.13. The van der Waals surface area contributed by atoms with Crippen molar-refractivity contribution in [2.45, 2.75) is 51.0 Å². The Morgan fingerprint density at radius 3 is 2.62 bits per heavy atom. The van der Waals surface area contributed by atoms with Gasteiger partial charge in [-0.1, -0.05) is 0 Å². The lowest BCUT2D eigenvalue weighted by Crippen LogP contribution is -2.45. The third-order valence-corrected chi connectivity index (χ3v) is 6.31. The van der Waals surface area contributed by atoms with Crippen LogP contribution in [0.2, 0.25) is 0 Å². The van der Waals surface area contributed by atoms with Crippen molar-refractivity contribution in [1.29, 1.82) is 0 Å². The molecule has 4 rings (SSSR count). The van der Waals surface area contributed by atoms with Crippen LogP contribution in [0.3, 0.4) is 0 Å². The number of hydrogen-bond donors (Lipinski definition) is 2. The molecule has 10 heteroatoms. The van der Waals surface area contributed by atoms with Gasteiger partial charge in [-0.15, -0.1) is 0 Å². The van der Waals surface area contributed by atoms with Crippen molar-refractivity contribution in [2.75, 3.05) is 30.9 Å². The predicted molar refractivity (Wildman–Crippen MR) is 108 cm³/mol. The Morgan fingerprint density at radius 2 is 2.00 bits per heavy atom. The summed E-state index contributed by atoms with van der Waals surface area (Å²) in [5.41, 5.74) is 7.08. The predicted octanol–water partition coefficient (Wildman–Crippen LogP) is 0.0518. The summed E-state index contributed by atoms with van der Waals surface area (Å²) in [4.78, 5) is 31.3. The van der Waals surface area contributed by atoms with Crippen LogP contribution in [0.15, 0.2) is 15.8 Å². The summed E-state index contributed by atoms with van der Waals surface area (Å²) in [5, 5.41) is 0. The summed E-state index contributed by atoms with van der Waals surface area (Å²) in [6.45, 7) is 4.24. The van der Waals surface area contributed by atoms with E-state index in [-0.39, 0.29) is 30.1 Å². The molecule has 0 aromatic carbocycles. The molecule has 4 unspecified atom stereocenters. The molecule has 0 bridgehead atoms. The zero-order chi connectivity index (χ0) is 21.0. The number of nitrogen functional groups attached to an aromatic ring is 1. The molecule has 1 aliphatic heterocycles. The van der Waals surface area contributed by atoms with Crippen molar-refractivity contribution < 1.29 is 9.13 Å². The van der Waals surface area contributed by atoms with Gasteiger partial charge in [-0.25, -0.2) is 14.2 Å². The van der Waals surface area contributed by atoms with Gasteiger partial charge in [-0.2, -0.15) is 4.68 Å². The maximum atomic E-state index is 14.8. The van der Waals surface area contributed by atoms with E-state index in [1.54, 1.807) is 17.9 Å². The number of aromatic nitrogens is 3. The summed E-state index contributed by atoms with van der Waals surface area (Å²) in [5.74, 6) is 5.29. The van der Waals surface area contributed by atoms with Crippen molar-refractivity contribution in [1.82, 2.24) is 14.2 Å². The number of rotatable bonds is 5. The molecular formula is C19H27FN6O3. The van der Waals surface area contributed by atoms with Gasteiger partial charge >= 0.3 is 11.2 Å². The average molecular weight is 406 g/mol. The van der Waals surface area contributed by atoms with Crippen LogP contribution in [0.25, 0.3) is 11.0 Å². The Hall–Kier alpha value is -2.46. The fourth-order valence-electron chi connectivity index (χ4n) is 4.29. The van der Waals surface area contributed by atoms with E-state index in [2.05, 4.69) is 4.98 Å². The first-order valence-electron chi connectivity index (χ1n) is 9.85. The molecule has 158 valence electrons. The molecule has 1 saturated carbocycles. The lowest BCUT2D eigenvalue weighted by Gasteiger charge is -2.26. The SMILES string of the molecule is COC(C)C(N)C1CN(c2cnc3c(=O)n(N)c(=O)n(C4CC4)c3c2C)CC1F. The topological polar surface area (TPSA) is 121 Å². The highest BCUT2D eigenvalue weighted by Gasteiger charge is 2.40. The highest BCUT2D eigenvalue weighted by atomic mass is 19.1. The van der Waals surface area contributed by atoms with Crippen LogP contribution in [-0.4, -0.2) is 52.7 Å². The van der Waals surface area contributed by atoms with Crippen LogP contribution in [0.1, 0.15) is 31.4 Å². The number of alkyl halides is 1. The minimum Gasteiger partial charge on any atom is -0.380 e. The Bertz CT molecular complexity index is 1060. The van der Waals surface area contributed by atoms with Crippen LogP contribution in [0.5, 0.6) is 0 Å². The molecule has 4 atom stereocenters. The molecule has 2 aromatic heterocycles. The fourth-order valence-corrected chi connectivity index (χ4v) is 4.29. The first kappa shape index (κ1) is 19.8. The smallest absolute Gasteiger partial charge is 0.350 e. The zero-order valence-electron chi connectivity index (χ0n) is 16.8. The monoisotopic (exact) mass is 406 g/mol. The van der Waals surface area contributed by atoms with E-state index < -0.39 is 23.5 Å². The van der Waals surface area contributed by atoms with E-state index >= 15 is 0 Å². The number of aryl methyl sites for hydroxylation is 1. The molecule has 2 aliphatic rings. The number of nitrogens with two attached hydrogens (primary N) is 2. The summed E-state index contributed by atoms with van der Waals surface area (Å²) in [6, 6.07) is -0.435. The van der Waals surface area contributed by atoms with Gasteiger partial charge in [-0.3, -0.25) is 9.36 Å². The number of anilines is 1. The van der Waals surface area contributed by atoms with Crippen molar-refractivity contribution in [3.05, 3.63) is 32.6 Å². The molecule has 1 saturated heterocycles. The third kappa shape index (κ3) is 3.10. The molecule has 2 fully saturated rings. The van der Waals surface area contributed by atoms with E-state index in [1.807, 2.05) is 18.7 Å². The van der Waals surface area contributed by atoms with Crippen LogP contribution in [-0.2, 0) is 4.74 Å². The van der Waals surface area contributed by atoms with E-state index in [9.17, 15) is 14.0 Å². The standard InChI is InChI=1S/C19H27FN6O3/c1-9-14(24-7-12(13(20)8-24)15(21)10(2)29-3)6-23-16-17(9)25(11-4-5-11)19(28)26(22)18(16)27/h6,10-13,15H,4-5,7-8,21-22H2,1-3H3. The minimum atomic E-state index is -1.11. The fraction of sp³-hybridized carbons (Fsp3) is 0.632. The summed E-state index contributed by atoms with van der Waals surface area (Å²) < 4.78 is 22.2. The maximum Gasteiger partial charge on any atom is 0.350 e. The molecule has 9 nitrogen and oxygen atoms in total. The number of fused-ring (bicyclic) bond motifs is 1. The van der Waals surface area contributed by atoms with E-state index in [0.29, 0.717) is 22.4 Å².